The Hall–Kier alpha value is -1.06. The second-order valence-corrected chi connectivity index (χ2v) is 6.67. The van der Waals surface area contributed by atoms with E-state index in [1.165, 1.54) is 5.56 Å². The first-order valence-corrected chi connectivity index (χ1v) is 8.07. The number of nitrogens with two attached hydrogens (primary N) is 1. The molecule has 1 aromatic carbocycles. The molecule has 0 spiro atoms. The molecule has 0 aliphatic carbocycles. The number of hydrogen-bond acceptors (Lipinski definition) is 3. The standard InChI is InChI=1S/C18H32N2O/c1-13(2)12-20(14(3)4)18(11-19)16-8-7-9-17(10-16)21-15(5)6/h7-10,13-15,18H,11-12,19H2,1-6H3. The van der Waals surface area contributed by atoms with Gasteiger partial charge in [0.05, 0.1) is 6.10 Å². The number of nitrogens with zero attached hydrogens (tertiary/aromatic N) is 1. The lowest BCUT2D eigenvalue weighted by molar-refractivity contribution is 0.138. The first-order chi connectivity index (χ1) is 9.85. The van der Waals surface area contributed by atoms with Gasteiger partial charge in [0.25, 0.3) is 0 Å². The zero-order valence-electron chi connectivity index (χ0n) is 14.5. The summed E-state index contributed by atoms with van der Waals surface area (Å²) >= 11 is 0. The van der Waals surface area contributed by atoms with Crippen LogP contribution in [0.4, 0.5) is 0 Å². The first kappa shape index (κ1) is 18.0. The van der Waals surface area contributed by atoms with Crippen molar-refractivity contribution in [3.8, 4) is 5.75 Å². The molecule has 1 rings (SSSR count). The van der Waals surface area contributed by atoms with Gasteiger partial charge in [-0.05, 0) is 51.3 Å². The van der Waals surface area contributed by atoms with Gasteiger partial charge >= 0.3 is 0 Å². The van der Waals surface area contributed by atoms with Crippen LogP contribution in [-0.2, 0) is 0 Å². The minimum atomic E-state index is 0.188. The van der Waals surface area contributed by atoms with Crippen molar-refractivity contribution in [1.29, 1.82) is 0 Å². The summed E-state index contributed by atoms with van der Waals surface area (Å²) < 4.78 is 5.81. The molecule has 0 bridgehead atoms. The Morgan fingerprint density at radius 1 is 1.10 bits per heavy atom. The Morgan fingerprint density at radius 3 is 2.24 bits per heavy atom. The number of rotatable bonds is 8. The van der Waals surface area contributed by atoms with Crippen molar-refractivity contribution in [2.24, 2.45) is 11.7 Å². The highest BCUT2D eigenvalue weighted by Gasteiger charge is 2.22. The summed E-state index contributed by atoms with van der Waals surface area (Å²) in [5.74, 6) is 1.55. The Balaban J connectivity index is 3.01. The third-order valence-electron chi connectivity index (χ3n) is 3.48. The van der Waals surface area contributed by atoms with Gasteiger partial charge in [0, 0.05) is 25.2 Å². The molecule has 0 heterocycles. The third-order valence-corrected chi connectivity index (χ3v) is 3.48. The summed E-state index contributed by atoms with van der Waals surface area (Å²) in [6, 6.07) is 9.06. The van der Waals surface area contributed by atoms with E-state index in [4.69, 9.17) is 10.5 Å². The maximum Gasteiger partial charge on any atom is 0.120 e. The molecule has 21 heavy (non-hydrogen) atoms. The van der Waals surface area contributed by atoms with Crippen LogP contribution in [0.1, 0.15) is 53.1 Å². The average molecular weight is 292 g/mol. The van der Waals surface area contributed by atoms with Crippen LogP contribution in [0.25, 0.3) is 0 Å². The summed E-state index contributed by atoms with van der Waals surface area (Å²) in [6.07, 6.45) is 0.188. The highest BCUT2D eigenvalue weighted by molar-refractivity contribution is 5.31. The fraction of sp³-hybridized carbons (Fsp3) is 0.667. The Morgan fingerprint density at radius 2 is 1.76 bits per heavy atom. The summed E-state index contributed by atoms with van der Waals surface area (Å²) in [4.78, 5) is 2.49. The van der Waals surface area contributed by atoms with E-state index < -0.39 is 0 Å². The zero-order chi connectivity index (χ0) is 16.0. The van der Waals surface area contributed by atoms with Gasteiger partial charge < -0.3 is 10.5 Å². The predicted octanol–water partition coefficient (Wildman–Crippen LogP) is 3.84. The van der Waals surface area contributed by atoms with Gasteiger partial charge in [0.15, 0.2) is 0 Å². The maximum atomic E-state index is 6.09. The first-order valence-electron chi connectivity index (χ1n) is 8.07. The molecule has 0 aromatic heterocycles. The fourth-order valence-electron chi connectivity index (χ4n) is 2.65. The van der Waals surface area contributed by atoms with E-state index >= 15 is 0 Å². The quantitative estimate of drug-likeness (QED) is 0.791. The molecular weight excluding hydrogens is 260 g/mol. The van der Waals surface area contributed by atoms with Crippen LogP contribution >= 0.6 is 0 Å². The molecule has 3 heteroatoms. The molecule has 1 atom stereocenters. The lowest BCUT2D eigenvalue weighted by Crippen LogP contribution is -2.40. The van der Waals surface area contributed by atoms with Gasteiger partial charge in [-0.25, -0.2) is 0 Å². The van der Waals surface area contributed by atoms with E-state index in [9.17, 15) is 0 Å². The molecule has 0 amide bonds. The van der Waals surface area contributed by atoms with Gasteiger partial charge in [-0.2, -0.15) is 0 Å². The van der Waals surface area contributed by atoms with Crippen molar-refractivity contribution in [2.75, 3.05) is 13.1 Å². The molecule has 1 unspecified atom stereocenters. The minimum Gasteiger partial charge on any atom is -0.491 e. The number of hydrogen-bond donors (Lipinski definition) is 1. The van der Waals surface area contributed by atoms with E-state index in [0.717, 1.165) is 12.3 Å². The number of ether oxygens (including phenoxy) is 1. The molecular formula is C18H32N2O. The molecule has 3 nitrogen and oxygen atoms in total. The molecule has 0 radical (unpaired) electrons. The van der Waals surface area contributed by atoms with Crippen LogP contribution in [0.15, 0.2) is 24.3 Å². The largest absolute Gasteiger partial charge is 0.491 e. The van der Waals surface area contributed by atoms with Gasteiger partial charge in [-0.1, -0.05) is 26.0 Å². The average Bonchev–Trinajstić information content (AvgIpc) is 2.37. The Bertz CT molecular complexity index is 415. The zero-order valence-corrected chi connectivity index (χ0v) is 14.5. The van der Waals surface area contributed by atoms with E-state index in [-0.39, 0.29) is 12.1 Å². The molecule has 2 N–H and O–H groups in total. The van der Waals surface area contributed by atoms with E-state index in [1.54, 1.807) is 0 Å². The summed E-state index contributed by atoms with van der Waals surface area (Å²) in [5, 5.41) is 0. The van der Waals surface area contributed by atoms with Gasteiger partial charge in [-0.15, -0.1) is 0 Å². The maximum absolute atomic E-state index is 6.09. The molecule has 0 saturated carbocycles. The summed E-state index contributed by atoms with van der Waals surface area (Å²) in [6.45, 7) is 14.7. The Labute approximate surface area is 130 Å². The van der Waals surface area contributed by atoms with Crippen molar-refractivity contribution >= 4 is 0 Å². The van der Waals surface area contributed by atoms with Gasteiger partial charge in [-0.3, -0.25) is 4.90 Å². The Kier molecular flexibility index (Phi) is 7.20. The minimum absolute atomic E-state index is 0.188. The molecule has 0 aliphatic heterocycles. The molecule has 0 saturated heterocycles. The van der Waals surface area contributed by atoms with Crippen molar-refractivity contribution in [2.45, 2.75) is 59.7 Å². The molecule has 120 valence electrons. The summed E-state index contributed by atoms with van der Waals surface area (Å²) in [5.41, 5.74) is 7.33. The topological polar surface area (TPSA) is 38.5 Å². The van der Waals surface area contributed by atoms with Crippen LogP contribution in [0.3, 0.4) is 0 Å². The van der Waals surface area contributed by atoms with Gasteiger partial charge in [0.2, 0.25) is 0 Å². The smallest absolute Gasteiger partial charge is 0.120 e. The van der Waals surface area contributed by atoms with Crippen LogP contribution in [-0.4, -0.2) is 30.1 Å². The normalized spacial score (nSPS) is 13.5. The SMILES string of the molecule is CC(C)CN(C(C)C)C(CN)c1cccc(OC(C)C)c1. The molecule has 0 fully saturated rings. The van der Waals surface area contributed by atoms with E-state index in [0.29, 0.717) is 18.5 Å². The predicted molar refractivity (Wildman–Crippen MR) is 90.7 cm³/mol. The highest BCUT2D eigenvalue weighted by Crippen LogP contribution is 2.26. The molecule has 0 aliphatic rings. The van der Waals surface area contributed by atoms with Crippen molar-refractivity contribution in [3.63, 3.8) is 0 Å². The van der Waals surface area contributed by atoms with Crippen molar-refractivity contribution in [1.82, 2.24) is 4.90 Å². The fourth-order valence-corrected chi connectivity index (χ4v) is 2.65. The number of benzene rings is 1. The van der Waals surface area contributed by atoms with E-state index in [2.05, 4.69) is 50.8 Å². The monoisotopic (exact) mass is 292 g/mol. The lowest BCUT2D eigenvalue weighted by atomic mass is 10.0. The van der Waals surface area contributed by atoms with Crippen LogP contribution in [0.5, 0.6) is 5.75 Å². The van der Waals surface area contributed by atoms with Crippen molar-refractivity contribution < 1.29 is 4.74 Å². The van der Waals surface area contributed by atoms with Crippen LogP contribution in [0, 0.1) is 5.92 Å². The second kappa shape index (κ2) is 8.40. The van der Waals surface area contributed by atoms with E-state index in [1.807, 2.05) is 19.9 Å². The lowest BCUT2D eigenvalue weighted by Gasteiger charge is -2.36. The second-order valence-electron chi connectivity index (χ2n) is 6.67. The molecule has 1 aromatic rings. The van der Waals surface area contributed by atoms with Crippen LogP contribution < -0.4 is 10.5 Å². The summed E-state index contributed by atoms with van der Waals surface area (Å²) in [7, 11) is 0. The van der Waals surface area contributed by atoms with Crippen LogP contribution in [0.2, 0.25) is 0 Å². The van der Waals surface area contributed by atoms with Crippen molar-refractivity contribution in [3.05, 3.63) is 29.8 Å². The third kappa shape index (κ3) is 5.68. The highest BCUT2D eigenvalue weighted by atomic mass is 16.5. The van der Waals surface area contributed by atoms with Gasteiger partial charge in [0.1, 0.15) is 5.75 Å².